The highest BCUT2D eigenvalue weighted by Gasteiger charge is 2.45. The van der Waals surface area contributed by atoms with E-state index in [-0.39, 0.29) is 10.5 Å². The number of benzene rings is 2. The van der Waals surface area contributed by atoms with Crippen molar-refractivity contribution in [2.45, 2.75) is 31.0 Å². The van der Waals surface area contributed by atoms with Crippen LogP contribution in [-0.2, 0) is 14.3 Å². The van der Waals surface area contributed by atoms with Crippen molar-refractivity contribution < 1.29 is 25.8 Å². The minimum absolute atomic E-state index is 0.265. The van der Waals surface area contributed by atoms with E-state index in [4.69, 9.17) is 0 Å². The number of hydrogen-bond donors (Lipinski definition) is 0. The fourth-order valence-corrected chi connectivity index (χ4v) is 2.98. The lowest BCUT2D eigenvalue weighted by Gasteiger charge is -2.21. The number of alkyl halides is 3. The van der Waals surface area contributed by atoms with Gasteiger partial charge in [0, 0.05) is 0 Å². The molecule has 0 bridgehead atoms. The Balaban J connectivity index is 2.38. The SMILES string of the molecule is Cc1ccc([C@H](OS(=O)(=O)c2ccc(C)cc2)C(F)(F)F)cc1. The van der Waals surface area contributed by atoms with E-state index in [0.29, 0.717) is 0 Å². The smallest absolute Gasteiger partial charge is 0.248 e. The summed E-state index contributed by atoms with van der Waals surface area (Å²) in [5, 5.41) is 0. The predicted molar refractivity (Wildman–Crippen MR) is 79.4 cm³/mol. The molecule has 1 atom stereocenters. The van der Waals surface area contributed by atoms with Crippen molar-refractivity contribution in [3.8, 4) is 0 Å². The van der Waals surface area contributed by atoms with E-state index in [9.17, 15) is 21.6 Å². The predicted octanol–water partition coefficient (Wildman–Crippen LogP) is 4.31. The first-order valence-electron chi connectivity index (χ1n) is 6.73. The quantitative estimate of drug-likeness (QED) is 0.776. The fraction of sp³-hybridized carbons (Fsp3) is 0.250. The van der Waals surface area contributed by atoms with Crippen LogP contribution in [0.15, 0.2) is 53.4 Å². The topological polar surface area (TPSA) is 43.4 Å². The van der Waals surface area contributed by atoms with Crippen molar-refractivity contribution in [1.29, 1.82) is 0 Å². The zero-order chi connectivity index (χ0) is 17.3. The molecule has 2 aromatic carbocycles. The summed E-state index contributed by atoms with van der Waals surface area (Å²) >= 11 is 0. The summed E-state index contributed by atoms with van der Waals surface area (Å²) in [5.41, 5.74) is 1.28. The Kier molecular flexibility index (Phi) is 4.81. The van der Waals surface area contributed by atoms with E-state index < -0.39 is 22.4 Å². The maximum absolute atomic E-state index is 13.2. The van der Waals surface area contributed by atoms with Crippen LogP contribution in [-0.4, -0.2) is 14.6 Å². The van der Waals surface area contributed by atoms with Crippen LogP contribution in [0.5, 0.6) is 0 Å². The first-order chi connectivity index (χ1) is 10.6. The monoisotopic (exact) mass is 344 g/mol. The van der Waals surface area contributed by atoms with E-state index in [1.807, 2.05) is 0 Å². The Morgan fingerprint density at radius 2 is 1.30 bits per heavy atom. The highest BCUT2D eigenvalue weighted by atomic mass is 32.2. The van der Waals surface area contributed by atoms with Crippen molar-refractivity contribution >= 4 is 10.1 Å². The summed E-state index contributed by atoms with van der Waals surface area (Å²) in [6.07, 6.45) is -7.40. The molecule has 0 saturated carbocycles. The van der Waals surface area contributed by atoms with Crippen LogP contribution in [0.4, 0.5) is 13.2 Å². The molecule has 0 saturated heterocycles. The highest BCUT2D eigenvalue weighted by molar-refractivity contribution is 7.86. The molecule has 0 aromatic heterocycles. The molecule has 2 rings (SSSR count). The molecule has 0 aliphatic carbocycles. The lowest BCUT2D eigenvalue weighted by Crippen LogP contribution is -2.26. The Hall–Kier alpha value is -1.86. The van der Waals surface area contributed by atoms with Gasteiger partial charge in [0.1, 0.15) is 0 Å². The molecule has 0 amide bonds. The van der Waals surface area contributed by atoms with Gasteiger partial charge < -0.3 is 0 Å². The van der Waals surface area contributed by atoms with Gasteiger partial charge in [-0.3, -0.25) is 0 Å². The number of aryl methyl sites for hydroxylation is 2. The summed E-state index contributed by atoms with van der Waals surface area (Å²) in [5.74, 6) is 0. The van der Waals surface area contributed by atoms with E-state index >= 15 is 0 Å². The molecule has 2 aromatic rings. The molecule has 0 fully saturated rings. The normalized spacial score (nSPS) is 13.8. The number of hydrogen-bond acceptors (Lipinski definition) is 3. The van der Waals surface area contributed by atoms with Crippen molar-refractivity contribution in [1.82, 2.24) is 0 Å². The first-order valence-corrected chi connectivity index (χ1v) is 8.14. The van der Waals surface area contributed by atoms with Gasteiger partial charge >= 0.3 is 6.18 Å². The average molecular weight is 344 g/mol. The fourth-order valence-electron chi connectivity index (χ4n) is 1.93. The standard InChI is InChI=1S/C16H15F3O3S/c1-11-3-7-13(8-4-11)15(16(17,18)19)22-23(20,21)14-9-5-12(2)6-10-14/h3-10,15H,1-2H3/t15-/m0/s1. The largest absolute Gasteiger partial charge is 0.420 e. The van der Waals surface area contributed by atoms with Gasteiger partial charge in [-0.05, 0) is 31.5 Å². The Labute approximate surface area is 132 Å². The second-order valence-electron chi connectivity index (χ2n) is 5.20. The summed E-state index contributed by atoms with van der Waals surface area (Å²) in [7, 11) is -4.54. The van der Waals surface area contributed by atoms with Crippen LogP contribution in [0.1, 0.15) is 22.8 Å². The van der Waals surface area contributed by atoms with Crippen LogP contribution >= 0.6 is 0 Å². The molecule has 3 nitrogen and oxygen atoms in total. The van der Waals surface area contributed by atoms with Crippen LogP contribution in [0, 0.1) is 13.8 Å². The van der Waals surface area contributed by atoms with Gasteiger partial charge in [-0.1, -0.05) is 47.5 Å². The summed E-state index contributed by atoms with van der Waals surface area (Å²) in [6, 6.07) is 10.8. The lowest BCUT2D eigenvalue weighted by molar-refractivity contribution is -0.196. The molecular weight excluding hydrogens is 329 g/mol. The molecule has 0 aliphatic rings. The molecule has 0 aliphatic heterocycles. The minimum atomic E-state index is -4.85. The maximum atomic E-state index is 13.2. The van der Waals surface area contributed by atoms with E-state index in [1.165, 1.54) is 48.5 Å². The van der Waals surface area contributed by atoms with E-state index in [0.717, 1.165) is 11.1 Å². The van der Waals surface area contributed by atoms with Crippen LogP contribution in [0.2, 0.25) is 0 Å². The van der Waals surface area contributed by atoms with Gasteiger partial charge in [0.25, 0.3) is 10.1 Å². The molecule has 7 heteroatoms. The summed E-state index contributed by atoms with van der Waals surface area (Å²) < 4.78 is 68.4. The van der Waals surface area contributed by atoms with Gasteiger partial charge in [-0.2, -0.15) is 21.6 Å². The lowest BCUT2D eigenvalue weighted by atomic mass is 10.1. The molecule has 0 unspecified atom stereocenters. The molecule has 124 valence electrons. The Morgan fingerprint density at radius 3 is 1.74 bits per heavy atom. The van der Waals surface area contributed by atoms with Crippen LogP contribution in [0.25, 0.3) is 0 Å². The van der Waals surface area contributed by atoms with Gasteiger partial charge in [0.05, 0.1) is 4.90 Å². The second-order valence-corrected chi connectivity index (χ2v) is 6.77. The van der Waals surface area contributed by atoms with Gasteiger partial charge in [-0.15, -0.1) is 0 Å². The molecule has 0 radical (unpaired) electrons. The maximum Gasteiger partial charge on any atom is 0.420 e. The number of rotatable bonds is 4. The molecule has 0 N–H and O–H groups in total. The highest BCUT2D eigenvalue weighted by Crippen LogP contribution is 2.38. The average Bonchev–Trinajstić information content (AvgIpc) is 2.45. The summed E-state index contributed by atoms with van der Waals surface area (Å²) in [6.45, 7) is 3.46. The van der Waals surface area contributed by atoms with E-state index in [1.54, 1.807) is 13.8 Å². The third-order valence-corrected chi connectivity index (χ3v) is 4.51. The molecule has 23 heavy (non-hydrogen) atoms. The van der Waals surface area contributed by atoms with Gasteiger partial charge in [0.15, 0.2) is 6.10 Å². The first kappa shape index (κ1) is 17.5. The zero-order valence-electron chi connectivity index (χ0n) is 12.5. The van der Waals surface area contributed by atoms with Crippen molar-refractivity contribution in [3.63, 3.8) is 0 Å². The molecular formula is C16H15F3O3S. The van der Waals surface area contributed by atoms with Crippen molar-refractivity contribution in [2.75, 3.05) is 0 Å². The van der Waals surface area contributed by atoms with Crippen LogP contribution < -0.4 is 0 Å². The van der Waals surface area contributed by atoms with Crippen molar-refractivity contribution in [2.24, 2.45) is 0 Å². The van der Waals surface area contributed by atoms with Crippen molar-refractivity contribution in [3.05, 3.63) is 65.2 Å². The zero-order valence-corrected chi connectivity index (χ0v) is 13.3. The van der Waals surface area contributed by atoms with Crippen LogP contribution in [0.3, 0.4) is 0 Å². The third kappa shape index (κ3) is 4.33. The van der Waals surface area contributed by atoms with E-state index in [2.05, 4.69) is 4.18 Å². The molecule has 0 spiro atoms. The van der Waals surface area contributed by atoms with Gasteiger partial charge in [-0.25, -0.2) is 4.18 Å². The second kappa shape index (κ2) is 6.33. The van der Waals surface area contributed by atoms with Gasteiger partial charge in [0.2, 0.25) is 0 Å². The Morgan fingerprint density at radius 1 is 0.870 bits per heavy atom. The minimum Gasteiger partial charge on any atom is -0.248 e. The number of halogens is 3. The molecule has 0 heterocycles. The third-order valence-electron chi connectivity index (χ3n) is 3.21. The summed E-state index contributed by atoms with van der Waals surface area (Å²) in [4.78, 5) is -0.315. The Bertz CT molecular complexity index is 764.